The minimum absolute atomic E-state index is 0.240. The van der Waals surface area contributed by atoms with Crippen molar-refractivity contribution in [1.29, 1.82) is 0 Å². The normalized spacial score (nSPS) is 12.8. The van der Waals surface area contributed by atoms with Crippen LogP contribution in [0.15, 0.2) is 18.2 Å². The van der Waals surface area contributed by atoms with Crippen molar-refractivity contribution in [1.82, 2.24) is 0 Å². The molecule has 18 heavy (non-hydrogen) atoms. The van der Waals surface area contributed by atoms with Gasteiger partial charge in [0, 0.05) is 0 Å². The maximum Gasteiger partial charge on any atom is -0.0129 e. The van der Waals surface area contributed by atoms with Crippen molar-refractivity contribution in [3.63, 3.8) is 0 Å². The highest BCUT2D eigenvalue weighted by molar-refractivity contribution is 5.40. The highest BCUT2D eigenvalue weighted by atomic mass is 14.3. The molecule has 0 amide bonds. The van der Waals surface area contributed by atoms with Crippen molar-refractivity contribution in [3.8, 4) is 0 Å². The zero-order valence-corrected chi connectivity index (χ0v) is 13.4. The van der Waals surface area contributed by atoms with Crippen LogP contribution in [0, 0.1) is 5.41 Å². The van der Waals surface area contributed by atoms with Crippen molar-refractivity contribution in [2.75, 3.05) is 0 Å². The lowest BCUT2D eigenvalue weighted by molar-refractivity contribution is 0.345. The monoisotopic (exact) mass is 246 g/mol. The molecule has 0 spiro atoms. The van der Waals surface area contributed by atoms with Gasteiger partial charge in [-0.05, 0) is 40.4 Å². The van der Waals surface area contributed by atoms with Crippen molar-refractivity contribution in [3.05, 3.63) is 34.9 Å². The number of hydrogen-bond acceptors (Lipinski definition) is 0. The molecule has 0 heteroatoms. The zero-order valence-electron chi connectivity index (χ0n) is 13.4. The first-order valence-electron chi connectivity index (χ1n) is 7.32. The van der Waals surface area contributed by atoms with Crippen LogP contribution < -0.4 is 0 Å². The fraction of sp³-hybridized carbons (Fsp3) is 0.667. The Labute approximate surface area is 114 Å². The van der Waals surface area contributed by atoms with Crippen LogP contribution in [-0.2, 0) is 18.3 Å². The van der Waals surface area contributed by atoms with E-state index < -0.39 is 0 Å². The predicted octanol–water partition coefficient (Wildman–Crippen LogP) is 5.53. The van der Waals surface area contributed by atoms with E-state index in [9.17, 15) is 0 Å². The molecule has 0 atom stereocenters. The minimum atomic E-state index is 0.240. The van der Waals surface area contributed by atoms with Crippen LogP contribution in [0.1, 0.15) is 71.6 Å². The molecule has 0 bridgehead atoms. The molecule has 102 valence electrons. The van der Waals surface area contributed by atoms with E-state index in [0.29, 0.717) is 5.41 Å². The van der Waals surface area contributed by atoms with Gasteiger partial charge in [-0.3, -0.25) is 0 Å². The molecule has 0 radical (unpaired) electrons. The summed E-state index contributed by atoms with van der Waals surface area (Å²) >= 11 is 0. The lowest BCUT2D eigenvalue weighted by Crippen LogP contribution is -2.21. The summed E-state index contributed by atoms with van der Waals surface area (Å²) in [7, 11) is 0. The Morgan fingerprint density at radius 2 is 1.56 bits per heavy atom. The summed E-state index contributed by atoms with van der Waals surface area (Å²) in [6, 6.07) is 6.85. The number of benzene rings is 1. The average Bonchev–Trinajstić information content (AvgIpc) is 2.27. The van der Waals surface area contributed by atoms with Crippen molar-refractivity contribution in [2.45, 2.75) is 73.1 Å². The first kappa shape index (κ1) is 15.3. The third-order valence-electron chi connectivity index (χ3n) is 4.07. The predicted molar refractivity (Wildman–Crippen MR) is 82.3 cm³/mol. The molecule has 0 nitrogen and oxygen atoms in total. The molecule has 1 rings (SSSR count). The Bertz CT molecular complexity index is 391. The summed E-state index contributed by atoms with van der Waals surface area (Å²) in [6.45, 7) is 16.3. The Morgan fingerprint density at radius 1 is 0.944 bits per heavy atom. The third kappa shape index (κ3) is 3.60. The van der Waals surface area contributed by atoms with Gasteiger partial charge in [0.15, 0.2) is 0 Å². The largest absolute Gasteiger partial charge is 0.0649 e. The molecule has 1 aromatic rings. The highest BCUT2D eigenvalue weighted by Gasteiger charge is 2.24. The van der Waals surface area contributed by atoms with E-state index >= 15 is 0 Å². The molecule has 0 aromatic heterocycles. The third-order valence-corrected chi connectivity index (χ3v) is 4.07. The van der Waals surface area contributed by atoms with Gasteiger partial charge >= 0.3 is 0 Å². The van der Waals surface area contributed by atoms with E-state index in [2.05, 4.69) is 66.7 Å². The van der Waals surface area contributed by atoms with Gasteiger partial charge in [0.2, 0.25) is 0 Å². The van der Waals surface area contributed by atoms with Crippen molar-refractivity contribution < 1.29 is 0 Å². The fourth-order valence-corrected chi connectivity index (χ4v) is 2.48. The summed E-state index contributed by atoms with van der Waals surface area (Å²) in [5, 5.41) is 0. The van der Waals surface area contributed by atoms with Crippen molar-refractivity contribution >= 4 is 0 Å². The highest BCUT2D eigenvalue weighted by Crippen LogP contribution is 2.34. The second-order valence-corrected chi connectivity index (χ2v) is 7.24. The van der Waals surface area contributed by atoms with E-state index in [-0.39, 0.29) is 5.41 Å². The Kier molecular flexibility index (Phi) is 4.64. The molecule has 0 aliphatic rings. The quantitative estimate of drug-likeness (QED) is 0.655. The molecule has 0 saturated carbocycles. The summed E-state index contributed by atoms with van der Waals surface area (Å²) in [5.74, 6) is 0. The van der Waals surface area contributed by atoms with Gasteiger partial charge in [0.1, 0.15) is 0 Å². The lowest BCUT2D eigenvalue weighted by atomic mass is 9.75. The maximum atomic E-state index is 2.38. The van der Waals surface area contributed by atoms with Crippen LogP contribution in [0.3, 0.4) is 0 Å². The van der Waals surface area contributed by atoms with Gasteiger partial charge in [0.25, 0.3) is 0 Å². The molecular formula is C18H30. The molecule has 0 N–H and O–H groups in total. The van der Waals surface area contributed by atoms with E-state index in [1.165, 1.54) is 24.0 Å². The van der Waals surface area contributed by atoms with Gasteiger partial charge in [-0.25, -0.2) is 0 Å². The van der Waals surface area contributed by atoms with Gasteiger partial charge in [-0.2, -0.15) is 0 Å². The van der Waals surface area contributed by atoms with Gasteiger partial charge < -0.3 is 0 Å². The first-order valence-corrected chi connectivity index (χ1v) is 7.32. The minimum Gasteiger partial charge on any atom is -0.0649 e. The van der Waals surface area contributed by atoms with Crippen molar-refractivity contribution in [2.24, 2.45) is 5.41 Å². The molecule has 0 aliphatic heterocycles. The molecule has 0 fully saturated rings. The zero-order chi connectivity index (χ0) is 14.0. The average molecular weight is 246 g/mol. The van der Waals surface area contributed by atoms with Gasteiger partial charge in [-0.15, -0.1) is 0 Å². The van der Waals surface area contributed by atoms with E-state index in [1.54, 1.807) is 5.56 Å². The van der Waals surface area contributed by atoms with Crippen LogP contribution >= 0.6 is 0 Å². The first-order chi connectivity index (χ1) is 8.21. The van der Waals surface area contributed by atoms with Crippen LogP contribution in [0.25, 0.3) is 0 Å². The Hall–Kier alpha value is -0.780. The van der Waals surface area contributed by atoms with Gasteiger partial charge in [0.05, 0.1) is 0 Å². The topological polar surface area (TPSA) is 0 Å². The Balaban J connectivity index is 3.29. The lowest BCUT2D eigenvalue weighted by Gasteiger charge is -2.30. The molecule has 0 heterocycles. The Morgan fingerprint density at radius 3 is 2.00 bits per heavy atom. The summed E-state index contributed by atoms with van der Waals surface area (Å²) in [6.07, 6.45) is 3.56. The fourth-order valence-electron chi connectivity index (χ4n) is 2.48. The van der Waals surface area contributed by atoms with E-state index in [0.717, 1.165) is 6.42 Å². The van der Waals surface area contributed by atoms with Gasteiger partial charge in [-0.1, -0.05) is 73.1 Å². The molecule has 0 unspecified atom stereocenters. The molecule has 0 aliphatic carbocycles. The summed E-state index contributed by atoms with van der Waals surface area (Å²) in [4.78, 5) is 0. The number of aryl methyl sites for hydroxylation is 1. The molecular weight excluding hydrogens is 216 g/mol. The number of rotatable bonds is 4. The summed E-state index contributed by atoms with van der Waals surface area (Å²) < 4.78 is 0. The van der Waals surface area contributed by atoms with Crippen LogP contribution in [0.4, 0.5) is 0 Å². The second-order valence-electron chi connectivity index (χ2n) is 7.24. The standard InChI is InChI=1S/C18H30/c1-8-14-11-10-12-16(17(3,4)5)15(14)13-18(6,7)9-2/h10-12H,8-9,13H2,1-7H3. The van der Waals surface area contributed by atoms with Crippen LogP contribution in [0.5, 0.6) is 0 Å². The second kappa shape index (κ2) is 5.47. The van der Waals surface area contributed by atoms with Crippen LogP contribution in [-0.4, -0.2) is 0 Å². The smallest absolute Gasteiger partial charge is 0.0129 e. The van der Waals surface area contributed by atoms with Crippen LogP contribution in [0.2, 0.25) is 0 Å². The molecule has 0 saturated heterocycles. The molecule has 1 aromatic carbocycles. The number of hydrogen-bond donors (Lipinski definition) is 0. The summed E-state index contributed by atoms with van der Waals surface area (Å²) in [5.41, 5.74) is 5.29. The SMILES string of the molecule is CCc1cccc(C(C)(C)C)c1CC(C)(C)CC. The van der Waals surface area contributed by atoms with E-state index in [1.807, 2.05) is 0 Å². The maximum absolute atomic E-state index is 2.38. The van der Waals surface area contributed by atoms with E-state index in [4.69, 9.17) is 0 Å².